The fraction of sp³-hybridized carbons (Fsp3) is 0.571. The predicted molar refractivity (Wildman–Crippen MR) is 139 cm³/mol. The Bertz CT molecular complexity index is 1230. The Morgan fingerprint density at radius 3 is 2.17 bits per heavy atom. The van der Waals surface area contributed by atoms with E-state index in [2.05, 4.69) is 9.80 Å². The second kappa shape index (κ2) is 11.2. The van der Waals surface area contributed by atoms with Gasteiger partial charge in [-0.3, -0.25) is 4.90 Å². The molecule has 0 spiro atoms. The highest BCUT2D eigenvalue weighted by atomic mass is 19.4. The summed E-state index contributed by atoms with van der Waals surface area (Å²) in [5.41, 5.74) is -1.64. The molecule has 7 nitrogen and oxygen atoms in total. The number of hydrogen-bond acceptors (Lipinski definition) is 6. The van der Waals surface area contributed by atoms with Crippen molar-refractivity contribution in [2.75, 3.05) is 42.6 Å². The zero-order chi connectivity index (χ0) is 29.5. The van der Waals surface area contributed by atoms with E-state index in [9.17, 15) is 31.1 Å². The average molecular weight is 587 g/mol. The lowest BCUT2D eigenvalue weighted by Gasteiger charge is -2.37. The number of hydrogen-bond donors (Lipinski definition) is 0. The lowest BCUT2D eigenvalue weighted by atomic mass is 9.97. The number of anilines is 2. The number of carbonyl (C=O) groups is 1. The molecule has 5 rings (SSSR count). The first-order chi connectivity index (χ1) is 19.4. The minimum Gasteiger partial charge on any atom is -0.439 e. The maximum absolute atomic E-state index is 13.5. The Morgan fingerprint density at radius 2 is 1.63 bits per heavy atom. The van der Waals surface area contributed by atoms with E-state index >= 15 is 0 Å². The summed E-state index contributed by atoms with van der Waals surface area (Å²) in [6.07, 6.45) is -7.68. The lowest BCUT2D eigenvalue weighted by Crippen LogP contribution is -2.41. The number of halogens is 6. The molecule has 4 heterocycles. The minimum atomic E-state index is -5.01. The summed E-state index contributed by atoms with van der Waals surface area (Å²) in [5, 5.41) is 0. The first kappa shape index (κ1) is 29.3. The van der Waals surface area contributed by atoms with Crippen molar-refractivity contribution in [2.24, 2.45) is 0 Å². The minimum absolute atomic E-state index is 0.0331. The van der Waals surface area contributed by atoms with Gasteiger partial charge in [-0.2, -0.15) is 26.3 Å². The molecule has 0 bridgehead atoms. The fourth-order valence-corrected chi connectivity index (χ4v) is 5.68. The van der Waals surface area contributed by atoms with Gasteiger partial charge in [-0.05, 0) is 62.9 Å². The molecule has 1 amide bonds. The molecule has 41 heavy (non-hydrogen) atoms. The van der Waals surface area contributed by atoms with Crippen molar-refractivity contribution in [1.82, 2.24) is 9.88 Å². The van der Waals surface area contributed by atoms with Gasteiger partial charge in [0.05, 0.1) is 35.6 Å². The molecule has 3 aliphatic heterocycles. The van der Waals surface area contributed by atoms with Crippen LogP contribution in [0.3, 0.4) is 0 Å². The van der Waals surface area contributed by atoms with E-state index in [0.29, 0.717) is 37.7 Å². The van der Waals surface area contributed by atoms with Gasteiger partial charge in [-0.25, -0.2) is 9.78 Å². The first-order valence-corrected chi connectivity index (χ1v) is 13.7. The largest absolute Gasteiger partial charge is 0.439 e. The molecule has 1 aromatic carbocycles. The normalized spacial score (nSPS) is 22.1. The molecule has 13 heteroatoms. The van der Waals surface area contributed by atoms with Gasteiger partial charge in [0.25, 0.3) is 0 Å². The smallest absolute Gasteiger partial charge is 0.416 e. The number of benzene rings is 1. The van der Waals surface area contributed by atoms with Crippen molar-refractivity contribution in [3.63, 3.8) is 0 Å². The highest BCUT2D eigenvalue weighted by Gasteiger charge is 2.43. The summed E-state index contributed by atoms with van der Waals surface area (Å²) >= 11 is 0. The molecule has 0 radical (unpaired) electrons. The average Bonchev–Trinajstić information content (AvgIpc) is 3.17. The molecule has 0 aliphatic carbocycles. The number of alkyl halides is 6. The molecular weight excluding hydrogens is 554 g/mol. The summed E-state index contributed by atoms with van der Waals surface area (Å²) < 4.78 is 91.9. The molecular formula is C28H32F6N4O3. The van der Waals surface area contributed by atoms with Crippen LogP contribution < -0.4 is 9.80 Å². The zero-order valence-corrected chi connectivity index (χ0v) is 22.8. The number of rotatable bonds is 7. The van der Waals surface area contributed by atoms with E-state index in [1.807, 2.05) is 13.0 Å². The number of cyclic esters (lactones) is 1. The van der Waals surface area contributed by atoms with Gasteiger partial charge in [0.2, 0.25) is 0 Å². The van der Waals surface area contributed by atoms with E-state index in [4.69, 9.17) is 14.5 Å². The number of aromatic nitrogens is 1. The Hall–Kier alpha value is -3.22. The molecule has 2 atom stereocenters. The van der Waals surface area contributed by atoms with Gasteiger partial charge in [-0.1, -0.05) is 0 Å². The summed E-state index contributed by atoms with van der Waals surface area (Å²) in [6, 6.07) is 2.60. The standard InChI is InChI=1S/C28H32F6N4O3/c1-3-37(22-5-9-40-10-6-22)25-19(13-23(15-35-25)36-7-4-8-36)16-38-17(2)24(41-26(38)39)18-11-20(27(29,30)31)14-21(12-18)28(32,33)34/h11-15,17,22,24H,3-10,16H2,1-2H3. The number of amides is 1. The predicted octanol–water partition coefficient (Wildman–Crippen LogP) is 6.42. The molecule has 2 aromatic rings. The van der Waals surface area contributed by atoms with Gasteiger partial charge in [-0.15, -0.1) is 0 Å². The quantitative estimate of drug-likeness (QED) is 0.350. The third kappa shape index (κ3) is 6.05. The van der Waals surface area contributed by atoms with Crippen LogP contribution in [-0.2, 0) is 28.4 Å². The SMILES string of the molecule is CCN(c1ncc(N2CCC2)cc1CN1C(=O)OC(c2cc(C(F)(F)F)cc(C(F)(F)F)c2)C1C)C1CCOCC1. The Labute approximate surface area is 234 Å². The summed E-state index contributed by atoms with van der Waals surface area (Å²) in [5.74, 6) is 0.686. The maximum Gasteiger partial charge on any atom is 0.416 e. The molecule has 0 saturated carbocycles. The van der Waals surface area contributed by atoms with E-state index in [1.54, 1.807) is 13.1 Å². The van der Waals surface area contributed by atoms with Gasteiger partial charge >= 0.3 is 18.4 Å². The van der Waals surface area contributed by atoms with Crippen LogP contribution in [0.25, 0.3) is 0 Å². The van der Waals surface area contributed by atoms with E-state index < -0.39 is 41.7 Å². The molecule has 3 saturated heterocycles. The number of carbonyl (C=O) groups excluding carboxylic acids is 1. The number of ether oxygens (including phenoxy) is 2. The van der Waals surface area contributed by atoms with E-state index in [-0.39, 0.29) is 24.2 Å². The van der Waals surface area contributed by atoms with E-state index in [1.165, 1.54) is 4.90 Å². The Morgan fingerprint density at radius 1 is 1.00 bits per heavy atom. The molecule has 3 fully saturated rings. The maximum atomic E-state index is 13.5. The van der Waals surface area contributed by atoms with Crippen LogP contribution in [0.1, 0.15) is 61.5 Å². The van der Waals surface area contributed by atoms with Gasteiger partial charge in [0, 0.05) is 44.5 Å². The summed E-state index contributed by atoms with van der Waals surface area (Å²) in [7, 11) is 0. The van der Waals surface area contributed by atoms with Crippen LogP contribution in [0.4, 0.5) is 42.6 Å². The van der Waals surface area contributed by atoms with Crippen LogP contribution in [0.5, 0.6) is 0 Å². The van der Waals surface area contributed by atoms with Crippen LogP contribution in [0.15, 0.2) is 30.5 Å². The van der Waals surface area contributed by atoms with Crippen LogP contribution in [0, 0.1) is 0 Å². The van der Waals surface area contributed by atoms with Crippen molar-refractivity contribution in [1.29, 1.82) is 0 Å². The number of nitrogens with zero attached hydrogens (tertiary/aromatic N) is 4. The molecule has 2 unspecified atom stereocenters. The second-order valence-corrected chi connectivity index (χ2v) is 10.7. The third-order valence-electron chi connectivity index (χ3n) is 8.07. The van der Waals surface area contributed by atoms with Gasteiger partial charge < -0.3 is 19.3 Å². The topological polar surface area (TPSA) is 58.1 Å². The summed E-state index contributed by atoms with van der Waals surface area (Å²) in [4.78, 5) is 23.5. The Balaban J connectivity index is 1.47. The molecule has 0 N–H and O–H groups in total. The van der Waals surface area contributed by atoms with Crippen molar-refractivity contribution in [3.05, 3.63) is 52.7 Å². The fourth-order valence-electron chi connectivity index (χ4n) is 5.68. The van der Waals surface area contributed by atoms with Crippen molar-refractivity contribution >= 4 is 17.6 Å². The second-order valence-electron chi connectivity index (χ2n) is 10.7. The lowest BCUT2D eigenvalue weighted by molar-refractivity contribution is -0.143. The zero-order valence-electron chi connectivity index (χ0n) is 22.8. The number of pyridine rings is 1. The van der Waals surface area contributed by atoms with E-state index in [0.717, 1.165) is 43.6 Å². The highest BCUT2D eigenvalue weighted by Crippen LogP contribution is 2.41. The van der Waals surface area contributed by atoms with Gasteiger partial charge in [0.1, 0.15) is 11.9 Å². The summed E-state index contributed by atoms with van der Waals surface area (Å²) in [6.45, 7) is 7.25. The van der Waals surface area contributed by atoms with Crippen LogP contribution in [-0.4, -0.2) is 60.9 Å². The van der Waals surface area contributed by atoms with Gasteiger partial charge in [0.15, 0.2) is 0 Å². The van der Waals surface area contributed by atoms with Crippen LogP contribution in [0.2, 0.25) is 0 Å². The van der Waals surface area contributed by atoms with Crippen molar-refractivity contribution in [3.8, 4) is 0 Å². The first-order valence-electron chi connectivity index (χ1n) is 13.7. The monoisotopic (exact) mass is 586 g/mol. The third-order valence-corrected chi connectivity index (χ3v) is 8.07. The van der Waals surface area contributed by atoms with Crippen LogP contribution >= 0.6 is 0 Å². The molecule has 224 valence electrons. The highest BCUT2D eigenvalue weighted by molar-refractivity contribution is 5.72. The van der Waals surface area contributed by atoms with Crippen molar-refractivity contribution in [2.45, 2.75) is 70.2 Å². The molecule has 1 aromatic heterocycles. The Kier molecular flexibility index (Phi) is 8.01. The van der Waals surface area contributed by atoms with Crippen molar-refractivity contribution < 1.29 is 40.6 Å². The molecule has 3 aliphatic rings.